The topological polar surface area (TPSA) is 29.3 Å². The fourth-order valence-electron chi connectivity index (χ4n) is 3.73. The Balaban J connectivity index is 2.14. The lowest BCUT2D eigenvalue weighted by Gasteiger charge is -2.49. The van der Waals surface area contributed by atoms with E-state index >= 15 is 0 Å². The molecule has 2 nitrogen and oxygen atoms in total. The molecule has 2 heteroatoms. The standard InChI is InChI=1S/C14H28N2/c1-13(2)8-5-7-11(12(13)15)16-10-6-9-14(16,3)4/h11-12H,5-10,15H2,1-4H3. The van der Waals surface area contributed by atoms with Crippen LogP contribution in [0.4, 0.5) is 0 Å². The second-order valence-electron chi connectivity index (χ2n) is 7.08. The van der Waals surface area contributed by atoms with E-state index in [1.165, 1.54) is 38.6 Å². The van der Waals surface area contributed by atoms with Gasteiger partial charge in [-0.1, -0.05) is 20.3 Å². The van der Waals surface area contributed by atoms with Gasteiger partial charge in [-0.2, -0.15) is 0 Å². The van der Waals surface area contributed by atoms with Crippen molar-refractivity contribution in [1.29, 1.82) is 0 Å². The van der Waals surface area contributed by atoms with E-state index in [1.54, 1.807) is 0 Å². The lowest BCUT2D eigenvalue weighted by Crippen LogP contribution is -2.60. The molecule has 2 aliphatic rings. The molecule has 0 aromatic rings. The van der Waals surface area contributed by atoms with Gasteiger partial charge in [-0.3, -0.25) is 4.90 Å². The Bertz CT molecular complexity index is 257. The summed E-state index contributed by atoms with van der Waals surface area (Å²) in [5.74, 6) is 0. The van der Waals surface area contributed by atoms with Crippen LogP contribution in [-0.4, -0.2) is 29.1 Å². The molecule has 0 bridgehead atoms. The maximum Gasteiger partial charge on any atom is 0.0257 e. The summed E-state index contributed by atoms with van der Waals surface area (Å²) in [6.07, 6.45) is 6.61. The van der Waals surface area contributed by atoms with E-state index in [1.807, 2.05) is 0 Å². The van der Waals surface area contributed by atoms with Gasteiger partial charge in [0.25, 0.3) is 0 Å². The fourth-order valence-corrected chi connectivity index (χ4v) is 3.73. The predicted octanol–water partition coefficient (Wildman–Crippen LogP) is 2.77. The van der Waals surface area contributed by atoms with Gasteiger partial charge in [-0.05, 0) is 51.5 Å². The van der Waals surface area contributed by atoms with Crippen molar-refractivity contribution >= 4 is 0 Å². The number of nitrogens with two attached hydrogens (primary N) is 1. The van der Waals surface area contributed by atoms with E-state index in [-0.39, 0.29) is 0 Å². The third-order valence-corrected chi connectivity index (χ3v) is 5.00. The molecule has 0 aromatic carbocycles. The Kier molecular flexibility index (Phi) is 3.09. The van der Waals surface area contributed by atoms with Crippen LogP contribution in [0.25, 0.3) is 0 Å². The van der Waals surface area contributed by atoms with Crippen molar-refractivity contribution in [3.63, 3.8) is 0 Å². The molecule has 0 aromatic heterocycles. The van der Waals surface area contributed by atoms with E-state index < -0.39 is 0 Å². The highest BCUT2D eigenvalue weighted by Crippen LogP contribution is 2.41. The summed E-state index contributed by atoms with van der Waals surface area (Å²) in [5.41, 5.74) is 7.21. The van der Waals surface area contributed by atoms with Gasteiger partial charge < -0.3 is 5.73 Å². The second-order valence-corrected chi connectivity index (χ2v) is 7.08. The van der Waals surface area contributed by atoms with E-state index in [0.29, 0.717) is 23.0 Å². The van der Waals surface area contributed by atoms with Crippen LogP contribution < -0.4 is 5.73 Å². The lowest BCUT2D eigenvalue weighted by atomic mass is 9.70. The number of hydrogen-bond donors (Lipinski definition) is 1. The van der Waals surface area contributed by atoms with Crippen LogP contribution in [0.1, 0.15) is 59.8 Å². The first-order chi connectivity index (χ1) is 7.34. The minimum Gasteiger partial charge on any atom is -0.326 e. The van der Waals surface area contributed by atoms with Gasteiger partial charge in [-0.25, -0.2) is 0 Å². The third kappa shape index (κ3) is 2.02. The van der Waals surface area contributed by atoms with Crippen LogP contribution in [0.2, 0.25) is 0 Å². The molecule has 2 rings (SSSR count). The first-order valence-electron chi connectivity index (χ1n) is 6.87. The first-order valence-corrected chi connectivity index (χ1v) is 6.87. The minimum absolute atomic E-state index is 0.321. The van der Waals surface area contributed by atoms with Gasteiger partial charge in [0.15, 0.2) is 0 Å². The summed E-state index contributed by atoms with van der Waals surface area (Å²) < 4.78 is 0. The third-order valence-electron chi connectivity index (χ3n) is 5.00. The highest BCUT2D eigenvalue weighted by atomic mass is 15.3. The maximum absolute atomic E-state index is 6.52. The quantitative estimate of drug-likeness (QED) is 0.742. The van der Waals surface area contributed by atoms with Crippen molar-refractivity contribution in [3.8, 4) is 0 Å². The van der Waals surface area contributed by atoms with Crippen molar-refractivity contribution in [2.24, 2.45) is 11.1 Å². The van der Waals surface area contributed by atoms with Crippen molar-refractivity contribution < 1.29 is 0 Å². The summed E-state index contributed by atoms with van der Waals surface area (Å²) in [4.78, 5) is 2.69. The van der Waals surface area contributed by atoms with Crippen molar-refractivity contribution in [2.75, 3.05) is 6.54 Å². The summed E-state index contributed by atoms with van der Waals surface area (Å²) in [7, 11) is 0. The molecule has 1 heterocycles. The zero-order valence-corrected chi connectivity index (χ0v) is 11.4. The van der Waals surface area contributed by atoms with E-state index in [4.69, 9.17) is 5.73 Å². The molecule has 0 spiro atoms. The van der Waals surface area contributed by atoms with Gasteiger partial charge in [0.1, 0.15) is 0 Å². The molecular formula is C14H28N2. The summed E-state index contributed by atoms with van der Waals surface area (Å²) in [6.45, 7) is 10.7. The smallest absolute Gasteiger partial charge is 0.0257 e. The summed E-state index contributed by atoms with van der Waals surface area (Å²) in [5, 5.41) is 0. The Hall–Kier alpha value is -0.0800. The molecular weight excluding hydrogens is 196 g/mol. The largest absolute Gasteiger partial charge is 0.326 e. The Morgan fingerprint density at radius 3 is 2.31 bits per heavy atom. The number of hydrogen-bond acceptors (Lipinski definition) is 2. The maximum atomic E-state index is 6.52. The van der Waals surface area contributed by atoms with Crippen LogP contribution >= 0.6 is 0 Å². The molecule has 2 N–H and O–H groups in total. The molecule has 1 aliphatic heterocycles. The van der Waals surface area contributed by atoms with Crippen LogP contribution in [0.5, 0.6) is 0 Å². The number of likely N-dealkylation sites (tertiary alicyclic amines) is 1. The molecule has 1 aliphatic carbocycles. The van der Waals surface area contributed by atoms with Crippen LogP contribution in [0.15, 0.2) is 0 Å². The van der Waals surface area contributed by atoms with Gasteiger partial charge in [-0.15, -0.1) is 0 Å². The molecule has 0 amide bonds. The molecule has 1 saturated carbocycles. The molecule has 0 radical (unpaired) electrons. The minimum atomic E-state index is 0.321. The monoisotopic (exact) mass is 224 g/mol. The average molecular weight is 224 g/mol. The molecule has 16 heavy (non-hydrogen) atoms. The van der Waals surface area contributed by atoms with Crippen molar-refractivity contribution in [2.45, 2.75) is 77.4 Å². The molecule has 94 valence electrons. The zero-order valence-electron chi connectivity index (χ0n) is 11.4. The lowest BCUT2D eigenvalue weighted by molar-refractivity contribution is 0.0303. The Morgan fingerprint density at radius 2 is 1.75 bits per heavy atom. The normalized spacial score (nSPS) is 38.8. The van der Waals surface area contributed by atoms with E-state index in [0.717, 1.165) is 0 Å². The molecule has 2 unspecified atom stereocenters. The Labute approximate surface area is 101 Å². The molecule has 2 fully saturated rings. The average Bonchev–Trinajstić information content (AvgIpc) is 2.50. The highest BCUT2D eigenvalue weighted by molar-refractivity contribution is 5.01. The van der Waals surface area contributed by atoms with E-state index in [9.17, 15) is 0 Å². The number of nitrogens with zero attached hydrogens (tertiary/aromatic N) is 1. The summed E-state index contributed by atoms with van der Waals surface area (Å²) in [6, 6.07) is 0.958. The predicted molar refractivity (Wildman–Crippen MR) is 69.4 cm³/mol. The van der Waals surface area contributed by atoms with Gasteiger partial charge in [0, 0.05) is 17.6 Å². The first kappa shape index (κ1) is 12.4. The zero-order chi connectivity index (χ0) is 12.0. The summed E-state index contributed by atoms with van der Waals surface area (Å²) >= 11 is 0. The highest BCUT2D eigenvalue weighted by Gasteiger charge is 2.44. The van der Waals surface area contributed by atoms with Gasteiger partial charge >= 0.3 is 0 Å². The van der Waals surface area contributed by atoms with Crippen LogP contribution in [-0.2, 0) is 0 Å². The van der Waals surface area contributed by atoms with Crippen molar-refractivity contribution in [1.82, 2.24) is 4.90 Å². The molecule has 2 atom stereocenters. The van der Waals surface area contributed by atoms with E-state index in [2.05, 4.69) is 32.6 Å². The second kappa shape index (κ2) is 3.99. The molecule has 1 saturated heterocycles. The fraction of sp³-hybridized carbons (Fsp3) is 1.00. The number of rotatable bonds is 1. The van der Waals surface area contributed by atoms with Gasteiger partial charge in [0.05, 0.1) is 0 Å². The van der Waals surface area contributed by atoms with Crippen LogP contribution in [0, 0.1) is 5.41 Å². The SMILES string of the molecule is CC1(C)CCCC(N2CCCC2(C)C)C1N. The Morgan fingerprint density at radius 1 is 1.06 bits per heavy atom. The van der Waals surface area contributed by atoms with Crippen molar-refractivity contribution in [3.05, 3.63) is 0 Å². The van der Waals surface area contributed by atoms with Gasteiger partial charge in [0.2, 0.25) is 0 Å². The van der Waals surface area contributed by atoms with Crippen LogP contribution in [0.3, 0.4) is 0 Å².